The third kappa shape index (κ3) is 4.24. The number of nitrogens with one attached hydrogen (secondary N) is 1. The van der Waals surface area contributed by atoms with Gasteiger partial charge in [0.1, 0.15) is 24.2 Å². The zero-order valence-corrected chi connectivity index (χ0v) is 16.6. The molecule has 7 nitrogen and oxygen atoms in total. The largest absolute Gasteiger partial charge is 0.350 e. The molecule has 0 fully saturated rings. The highest BCUT2D eigenvalue weighted by molar-refractivity contribution is 9.10. The molecule has 2 aromatic heterocycles. The Bertz CT molecular complexity index is 1230. The van der Waals surface area contributed by atoms with Crippen molar-refractivity contribution >= 4 is 27.4 Å². The third-order valence-electron chi connectivity index (χ3n) is 4.33. The zero-order chi connectivity index (χ0) is 20.4. The molecular weight excluding hydrogens is 441 g/mol. The van der Waals surface area contributed by atoms with E-state index >= 15 is 0 Å². The molecule has 2 aromatic carbocycles. The maximum absolute atomic E-state index is 12.9. The van der Waals surface area contributed by atoms with Gasteiger partial charge in [-0.1, -0.05) is 40.2 Å². The van der Waals surface area contributed by atoms with E-state index < -0.39 is 5.56 Å². The molecule has 0 aliphatic carbocycles. The Balaban J connectivity index is 1.51. The van der Waals surface area contributed by atoms with Gasteiger partial charge in [0.05, 0.1) is 5.69 Å². The van der Waals surface area contributed by atoms with Crippen LogP contribution in [0.25, 0.3) is 16.8 Å². The summed E-state index contributed by atoms with van der Waals surface area (Å²) in [7, 11) is 0. The van der Waals surface area contributed by atoms with Crippen LogP contribution in [0.4, 0.5) is 4.39 Å². The first-order valence-electron chi connectivity index (χ1n) is 8.72. The Labute approximate surface area is 172 Å². The predicted molar refractivity (Wildman–Crippen MR) is 109 cm³/mol. The summed E-state index contributed by atoms with van der Waals surface area (Å²) < 4.78 is 16.4. The number of carbonyl (C=O) groups excluding carboxylic acids is 1. The van der Waals surface area contributed by atoms with Crippen LogP contribution in [0, 0.1) is 5.82 Å². The van der Waals surface area contributed by atoms with Gasteiger partial charge in [-0.25, -0.2) is 13.6 Å². The first-order valence-corrected chi connectivity index (χ1v) is 9.51. The molecule has 0 saturated carbocycles. The van der Waals surface area contributed by atoms with Crippen LogP contribution >= 0.6 is 15.9 Å². The van der Waals surface area contributed by atoms with E-state index in [9.17, 15) is 14.0 Å². The van der Waals surface area contributed by atoms with Crippen LogP contribution in [0.3, 0.4) is 0 Å². The van der Waals surface area contributed by atoms with Gasteiger partial charge in [-0.3, -0.25) is 9.59 Å². The maximum atomic E-state index is 12.9. The standard InChI is InChI=1S/C20H15BrFN5O2/c21-15-5-3-14(4-6-15)17-9-18-20(29)26(24-12-27(18)25-17)11-19(28)23-10-13-1-7-16(22)8-2-13/h1-9,12H,10-11H2,(H,23,28). The number of amides is 1. The minimum absolute atomic E-state index is 0.227. The van der Waals surface area contributed by atoms with Crippen LogP contribution in [-0.2, 0) is 17.9 Å². The van der Waals surface area contributed by atoms with E-state index in [1.165, 1.54) is 23.0 Å². The number of nitrogens with zero attached hydrogens (tertiary/aromatic N) is 4. The first-order chi connectivity index (χ1) is 14.0. The first kappa shape index (κ1) is 19.0. The number of hydrogen-bond acceptors (Lipinski definition) is 4. The Morgan fingerprint density at radius 3 is 2.55 bits per heavy atom. The van der Waals surface area contributed by atoms with Crippen molar-refractivity contribution in [1.29, 1.82) is 0 Å². The minimum Gasteiger partial charge on any atom is -0.350 e. The van der Waals surface area contributed by atoms with Gasteiger partial charge in [-0.2, -0.15) is 10.2 Å². The monoisotopic (exact) mass is 455 g/mol. The van der Waals surface area contributed by atoms with E-state index in [0.717, 1.165) is 20.3 Å². The summed E-state index contributed by atoms with van der Waals surface area (Å²) in [6, 6.07) is 15.0. The Kier molecular flexibility index (Phi) is 5.22. The molecule has 146 valence electrons. The van der Waals surface area contributed by atoms with E-state index in [4.69, 9.17) is 0 Å². The smallest absolute Gasteiger partial charge is 0.293 e. The summed E-state index contributed by atoms with van der Waals surface area (Å²) in [5.74, 6) is -0.714. The van der Waals surface area contributed by atoms with Gasteiger partial charge in [0.15, 0.2) is 0 Å². The molecule has 4 rings (SSSR count). The molecule has 2 heterocycles. The second kappa shape index (κ2) is 7.96. The van der Waals surface area contributed by atoms with E-state index in [1.54, 1.807) is 18.2 Å². The average Bonchev–Trinajstić information content (AvgIpc) is 3.15. The van der Waals surface area contributed by atoms with Crippen molar-refractivity contribution in [3.63, 3.8) is 0 Å². The second-order valence-electron chi connectivity index (χ2n) is 6.36. The average molecular weight is 456 g/mol. The van der Waals surface area contributed by atoms with Crippen molar-refractivity contribution in [3.05, 3.63) is 87.1 Å². The molecule has 0 aliphatic rings. The van der Waals surface area contributed by atoms with E-state index in [2.05, 4.69) is 31.4 Å². The highest BCUT2D eigenvalue weighted by Gasteiger charge is 2.12. The predicted octanol–water partition coefficient (Wildman–Crippen LogP) is 2.78. The van der Waals surface area contributed by atoms with Gasteiger partial charge >= 0.3 is 0 Å². The summed E-state index contributed by atoms with van der Waals surface area (Å²) in [5, 5.41) is 11.1. The molecule has 0 unspecified atom stereocenters. The molecule has 0 aliphatic heterocycles. The molecule has 0 bridgehead atoms. The number of benzene rings is 2. The van der Waals surface area contributed by atoms with Gasteiger partial charge < -0.3 is 5.32 Å². The van der Waals surface area contributed by atoms with Crippen molar-refractivity contribution < 1.29 is 9.18 Å². The highest BCUT2D eigenvalue weighted by Crippen LogP contribution is 2.20. The van der Waals surface area contributed by atoms with Crippen LogP contribution in [0.5, 0.6) is 0 Å². The second-order valence-corrected chi connectivity index (χ2v) is 7.28. The molecule has 4 aromatic rings. The van der Waals surface area contributed by atoms with Crippen molar-refractivity contribution in [2.24, 2.45) is 0 Å². The fourth-order valence-electron chi connectivity index (χ4n) is 2.81. The fourth-order valence-corrected chi connectivity index (χ4v) is 3.07. The summed E-state index contributed by atoms with van der Waals surface area (Å²) in [6.07, 6.45) is 1.40. The number of hydrogen-bond donors (Lipinski definition) is 1. The number of fused-ring (bicyclic) bond motifs is 1. The van der Waals surface area contributed by atoms with E-state index in [-0.39, 0.29) is 24.8 Å². The molecule has 0 saturated heterocycles. The molecule has 1 N–H and O–H groups in total. The van der Waals surface area contributed by atoms with Crippen LogP contribution < -0.4 is 10.9 Å². The lowest BCUT2D eigenvalue weighted by Gasteiger charge is -2.07. The number of halogens is 2. The SMILES string of the molecule is O=C(Cn1ncn2nc(-c3ccc(Br)cc3)cc2c1=O)NCc1ccc(F)cc1. The molecule has 0 atom stereocenters. The van der Waals surface area contributed by atoms with Crippen molar-refractivity contribution in [2.75, 3.05) is 0 Å². The lowest BCUT2D eigenvalue weighted by molar-refractivity contribution is -0.122. The number of aromatic nitrogens is 4. The molecule has 9 heteroatoms. The van der Waals surface area contributed by atoms with Crippen LogP contribution in [0.2, 0.25) is 0 Å². The normalized spacial score (nSPS) is 11.0. The van der Waals surface area contributed by atoms with Crippen LogP contribution in [0.1, 0.15) is 5.56 Å². The molecule has 1 amide bonds. The van der Waals surface area contributed by atoms with Gasteiger partial charge in [0.2, 0.25) is 5.91 Å². The van der Waals surface area contributed by atoms with Crippen molar-refractivity contribution in [2.45, 2.75) is 13.1 Å². The zero-order valence-electron chi connectivity index (χ0n) is 15.0. The number of carbonyl (C=O) groups is 1. The van der Waals surface area contributed by atoms with Gasteiger partial charge in [-0.15, -0.1) is 0 Å². The summed E-state index contributed by atoms with van der Waals surface area (Å²) in [5.41, 5.74) is 2.16. The van der Waals surface area contributed by atoms with Crippen LogP contribution in [0.15, 0.2) is 70.2 Å². The van der Waals surface area contributed by atoms with Gasteiger partial charge in [0, 0.05) is 16.6 Å². The molecule has 29 heavy (non-hydrogen) atoms. The Morgan fingerprint density at radius 1 is 1.10 bits per heavy atom. The minimum atomic E-state index is -0.416. The van der Waals surface area contributed by atoms with E-state index in [0.29, 0.717) is 11.2 Å². The van der Waals surface area contributed by atoms with Crippen molar-refractivity contribution in [1.82, 2.24) is 24.7 Å². The Hall–Kier alpha value is -3.33. The van der Waals surface area contributed by atoms with Gasteiger partial charge in [0.25, 0.3) is 5.56 Å². The van der Waals surface area contributed by atoms with Crippen LogP contribution in [-0.4, -0.2) is 25.3 Å². The molecular formula is C20H15BrFN5O2. The summed E-state index contributed by atoms with van der Waals surface area (Å²) in [6.45, 7) is 0.00578. The molecule has 0 spiro atoms. The third-order valence-corrected chi connectivity index (χ3v) is 4.85. The number of rotatable bonds is 5. The summed E-state index contributed by atoms with van der Waals surface area (Å²) in [4.78, 5) is 24.9. The van der Waals surface area contributed by atoms with Gasteiger partial charge in [-0.05, 0) is 35.9 Å². The quantitative estimate of drug-likeness (QED) is 0.501. The Morgan fingerprint density at radius 2 is 1.83 bits per heavy atom. The highest BCUT2D eigenvalue weighted by atomic mass is 79.9. The fraction of sp³-hybridized carbons (Fsp3) is 0.100. The molecule has 0 radical (unpaired) electrons. The maximum Gasteiger partial charge on any atom is 0.293 e. The van der Waals surface area contributed by atoms with E-state index in [1.807, 2.05) is 24.3 Å². The lowest BCUT2D eigenvalue weighted by Crippen LogP contribution is -2.34. The van der Waals surface area contributed by atoms with Crippen molar-refractivity contribution in [3.8, 4) is 11.3 Å². The summed E-state index contributed by atoms with van der Waals surface area (Å²) >= 11 is 3.38. The topological polar surface area (TPSA) is 81.3 Å². The lowest BCUT2D eigenvalue weighted by atomic mass is 10.1.